The molecule has 3 N–H and O–H groups in total. The number of ether oxygens (including phenoxy) is 1. The third-order valence-electron chi connectivity index (χ3n) is 5.36. The zero-order valence-corrected chi connectivity index (χ0v) is 21.5. The van der Waals surface area contributed by atoms with Crippen molar-refractivity contribution < 1.29 is 14.3 Å². The molecule has 0 aliphatic heterocycles. The number of aliphatic imine (C=N–C) groups is 1. The monoisotopic (exact) mass is 537 g/mol. The topological polar surface area (TPSA) is 95.1 Å². The number of likely N-dealkylation sites (N-methyl/N-ethyl adjacent to an activating group) is 1. The zero-order valence-electron chi connectivity index (χ0n) is 19.1. The molecule has 2 amide bonds. The first-order chi connectivity index (χ1) is 13.6. The molecule has 0 aromatic heterocycles. The van der Waals surface area contributed by atoms with Gasteiger partial charge in [0.2, 0.25) is 5.91 Å². The minimum Gasteiger partial charge on any atom is -0.444 e. The van der Waals surface area contributed by atoms with E-state index in [1.54, 1.807) is 19.0 Å². The lowest BCUT2D eigenvalue weighted by molar-refractivity contribution is -0.127. The fourth-order valence-corrected chi connectivity index (χ4v) is 3.73. The van der Waals surface area contributed by atoms with E-state index >= 15 is 0 Å². The second-order valence-electron chi connectivity index (χ2n) is 9.42. The first-order valence-corrected chi connectivity index (χ1v) is 10.9. The molecule has 0 atom stereocenters. The Hall–Kier alpha value is -1.26. The predicted octanol–water partition coefficient (Wildman–Crippen LogP) is 3.01. The summed E-state index contributed by atoms with van der Waals surface area (Å²) in [5, 5.41) is 9.99. The summed E-state index contributed by atoms with van der Waals surface area (Å²) in [5.41, 5.74) is -0.482. The fraction of sp³-hybridized carbons (Fsp3) is 0.857. The van der Waals surface area contributed by atoms with Crippen LogP contribution in [0.5, 0.6) is 0 Å². The molecule has 2 rings (SSSR count). The Balaban J connectivity index is 0.00000450. The van der Waals surface area contributed by atoms with E-state index in [1.807, 2.05) is 20.8 Å². The summed E-state index contributed by atoms with van der Waals surface area (Å²) >= 11 is 0. The minimum absolute atomic E-state index is 0. The number of carbonyl (C=O) groups is 2. The third-order valence-corrected chi connectivity index (χ3v) is 5.36. The Morgan fingerprint density at radius 1 is 0.900 bits per heavy atom. The van der Waals surface area contributed by atoms with Gasteiger partial charge in [-0.2, -0.15) is 0 Å². The van der Waals surface area contributed by atoms with Crippen LogP contribution in [0.15, 0.2) is 4.99 Å². The van der Waals surface area contributed by atoms with Crippen LogP contribution < -0.4 is 16.0 Å². The number of guanidine groups is 1. The number of carbonyl (C=O) groups excluding carboxylic acids is 2. The largest absolute Gasteiger partial charge is 0.444 e. The molecule has 2 aliphatic rings. The number of amides is 2. The molecule has 9 heteroatoms. The van der Waals surface area contributed by atoms with Crippen molar-refractivity contribution in [2.45, 2.75) is 95.9 Å². The van der Waals surface area contributed by atoms with Crippen LogP contribution in [0.25, 0.3) is 0 Å². The number of hydrogen-bond donors (Lipinski definition) is 3. The van der Waals surface area contributed by atoms with Crippen LogP contribution in [0, 0.1) is 0 Å². The van der Waals surface area contributed by atoms with Gasteiger partial charge in [0.25, 0.3) is 0 Å². The fourth-order valence-electron chi connectivity index (χ4n) is 3.73. The minimum atomic E-state index is -0.482. The van der Waals surface area contributed by atoms with Crippen LogP contribution in [0.4, 0.5) is 4.79 Å². The van der Waals surface area contributed by atoms with Crippen LogP contribution in [-0.2, 0) is 9.53 Å². The van der Waals surface area contributed by atoms with Gasteiger partial charge in [0, 0.05) is 32.2 Å². The van der Waals surface area contributed by atoms with Gasteiger partial charge in [0.05, 0.1) is 0 Å². The van der Waals surface area contributed by atoms with Crippen molar-refractivity contribution in [2.24, 2.45) is 4.99 Å². The number of rotatable bonds is 5. The Kier molecular flexibility index (Phi) is 11.2. The average molecular weight is 537 g/mol. The second kappa shape index (κ2) is 12.6. The molecule has 0 aromatic carbocycles. The zero-order chi connectivity index (χ0) is 21.4. The van der Waals surface area contributed by atoms with Gasteiger partial charge in [-0.05, 0) is 59.3 Å². The second-order valence-corrected chi connectivity index (χ2v) is 9.42. The van der Waals surface area contributed by atoms with Crippen molar-refractivity contribution in [1.82, 2.24) is 20.9 Å². The van der Waals surface area contributed by atoms with Crippen LogP contribution in [0.3, 0.4) is 0 Å². The molecule has 30 heavy (non-hydrogen) atoms. The molecule has 0 spiro atoms. The van der Waals surface area contributed by atoms with Gasteiger partial charge in [0.15, 0.2) is 5.96 Å². The van der Waals surface area contributed by atoms with E-state index in [0.29, 0.717) is 6.04 Å². The average Bonchev–Trinajstić information content (AvgIpc) is 3.12. The summed E-state index contributed by atoms with van der Waals surface area (Å²) in [5.74, 6) is 0.721. The first-order valence-electron chi connectivity index (χ1n) is 10.9. The maximum absolute atomic E-state index is 12.0. The highest BCUT2D eigenvalue weighted by Gasteiger charge is 2.26. The molecule has 2 aliphatic carbocycles. The molecule has 8 nitrogen and oxygen atoms in total. The summed E-state index contributed by atoms with van der Waals surface area (Å²) in [4.78, 5) is 30.0. The highest BCUT2D eigenvalue weighted by Crippen LogP contribution is 2.20. The Bertz CT molecular complexity index is 578. The van der Waals surface area contributed by atoms with Crippen molar-refractivity contribution in [3.8, 4) is 0 Å². The molecular weight excluding hydrogens is 497 g/mol. The molecule has 0 unspecified atom stereocenters. The Labute approximate surface area is 198 Å². The van der Waals surface area contributed by atoms with E-state index < -0.39 is 5.60 Å². The lowest BCUT2D eigenvalue weighted by Crippen LogP contribution is -2.50. The standard InChI is InChI=1S/C21H39N5O3.HI/c1-21(2,3)29-20(28)25-17-12-10-16(11-13-17)24-19(22-14-18(27)26(4)5)23-15-8-6-7-9-15;/h15-17H,6-14H2,1-5H3,(H,25,28)(H2,22,23,24);1H. The maximum atomic E-state index is 12.0. The molecule has 0 heterocycles. The summed E-state index contributed by atoms with van der Waals surface area (Å²) in [6, 6.07) is 0.857. The third kappa shape index (κ3) is 10.2. The summed E-state index contributed by atoms with van der Waals surface area (Å²) < 4.78 is 5.35. The lowest BCUT2D eigenvalue weighted by atomic mass is 9.91. The van der Waals surface area contributed by atoms with Crippen LogP contribution >= 0.6 is 24.0 Å². The molecule has 0 saturated heterocycles. The molecule has 2 saturated carbocycles. The Morgan fingerprint density at radius 2 is 1.37 bits per heavy atom. The number of nitrogens with zero attached hydrogens (tertiary/aromatic N) is 2. The van der Waals surface area contributed by atoms with Crippen LogP contribution in [0.1, 0.15) is 72.1 Å². The molecular formula is C21H40IN5O3. The number of hydrogen-bond acceptors (Lipinski definition) is 4. The number of nitrogens with one attached hydrogen (secondary N) is 3. The van der Waals surface area contributed by atoms with Gasteiger partial charge < -0.3 is 25.6 Å². The Morgan fingerprint density at radius 3 is 1.83 bits per heavy atom. The molecule has 0 bridgehead atoms. The number of alkyl carbamates (subject to hydrolysis) is 1. The van der Waals surface area contributed by atoms with Gasteiger partial charge >= 0.3 is 6.09 Å². The van der Waals surface area contributed by atoms with Crippen molar-refractivity contribution in [1.29, 1.82) is 0 Å². The molecule has 2 fully saturated rings. The van der Waals surface area contributed by atoms with Crippen LogP contribution in [-0.4, -0.2) is 67.2 Å². The van der Waals surface area contributed by atoms with Crippen molar-refractivity contribution in [2.75, 3.05) is 20.6 Å². The van der Waals surface area contributed by atoms with E-state index in [0.717, 1.165) is 44.5 Å². The van der Waals surface area contributed by atoms with E-state index in [1.165, 1.54) is 12.8 Å². The SMILES string of the molecule is CN(C)C(=O)CN=C(NC1CCCC1)NC1CCC(NC(=O)OC(C)(C)C)CC1.I. The van der Waals surface area contributed by atoms with Gasteiger partial charge in [-0.1, -0.05) is 12.8 Å². The molecule has 0 aromatic rings. The lowest BCUT2D eigenvalue weighted by Gasteiger charge is -2.32. The quantitative estimate of drug-likeness (QED) is 0.285. The van der Waals surface area contributed by atoms with E-state index in [-0.39, 0.29) is 54.6 Å². The summed E-state index contributed by atoms with van der Waals surface area (Å²) in [6.07, 6.45) is 8.09. The van der Waals surface area contributed by atoms with Gasteiger partial charge in [-0.3, -0.25) is 4.79 Å². The van der Waals surface area contributed by atoms with E-state index in [4.69, 9.17) is 4.74 Å². The normalized spacial score (nSPS) is 22.6. The molecule has 174 valence electrons. The van der Waals surface area contributed by atoms with Crippen molar-refractivity contribution in [3.63, 3.8) is 0 Å². The highest BCUT2D eigenvalue weighted by atomic mass is 127. The van der Waals surface area contributed by atoms with E-state index in [9.17, 15) is 9.59 Å². The van der Waals surface area contributed by atoms with Crippen LogP contribution in [0.2, 0.25) is 0 Å². The van der Waals surface area contributed by atoms with Gasteiger partial charge in [-0.25, -0.2) is 9.79 Å². The highest BCUT2D eigenvalue weighted by molar-refractivity contribution is 14.0. The van der Waals surface area contributed by atoms with Crippen molar-refractivity contribution >= 4 is 41.9 Å². The molecule has 0 radical (unpaired) electrons. The van der Waals surface area contributed by atoms with Crippen molar-refractivity contribution in [3.05, 3.63) is 0 Å². The summed E-state index contributed by atoms with van der Waals surface area (Å²) in [6.45, 7) is 5.75. The van der Waals surface area contributed by atoms with E-state index in [2.05, 4.69) is 20.9 Å². The summed E-state index contributed by atoms with van der Waals surface area (Å²) in [7, 11) is 3.49. The smallest absolute Gasteiger partial charge is 0.407 e. The number of halogens is 1. The predicted molar refractivity (Wildman–Crippen MR) is 130 cm³/mol. The maximum Gasteiger partial charge on any atom is 0.407 e. The van der Waals surface area contributed by atoms with Gasteiger partial charge in [-0.15, -0.1) is 24.0 Å². The first kappa shape index (κ1) is 26.8. The van der Waals surface area contributed by atoms with Gasteiger partial charge in [0.1, 0.15) is 12.1 Å².